The van der Waals surface area contributed by atoms with Crippen LogP contribution in [0.3, 0.4) is 0 Å². The van der Waals surface area contributed by atoms with Crippen LogP contribution < -0.4 is 5.32 Å². The molecule has 0 aliphatic carbocycles. The number of benzene rings is 1. The van der Waals surface area contributed by atoms with Gasteiger partial charge < -0.3 is 5.32 Å². The first-order valence-electron chi connectivity index (χ1n) is 4.87. The summed E-state index contributed by atoms with van der Waals surface area (Å²) >= 11 is 3.35. The Morgan fingerprint density at radius 2 is 2.31 bits per heavy atom. The third-order valence-corrected chi connectivity index (χ3v) is 3.00. The third-order valence-electron chi connectivity index (χ3n) is 2.31. The van der Waals surface area contributed by atoms with Crippen molar-refractivity contribution in [1.29, 1.82) is 0 Å². The first-order valence-corrected chi connectivity index (χ1v) is 5.66. The summed E-state index contributed by atoms with van der Waals surface area (Å²) in [5.74, 6) is -0.244. The Balaban J connectivity index is 2.17. The smallest absolute Gasteiger partial charge is 0.124 e. The van der Waals surface area contributed by atoms with E-state index in [0.717, 1.165) is 15.7 Å². The van der Waals surface area contributed by atoms with Gasteiger partial charge in [-0.05, 0) is 24.6 Å². The predicted octanol–water partition coefficient (Wildman–Crippen LogP) is 3.48. The van der Waals surface area contributed by atoms with E-state index in [1.165, 1.54) is 12.1 Å². The molecular weight excluding hydrogens is 273 g/mol. The monoisotopic (exact) mass is 283 g/mol. The Labute approximate surface area is 101 Å². The highest BCUT2D eigenvalue weighted by Crippen LogP contribution is 2.26. The molecule has 0 saturated heterocycles. The molecule has 2 N–H and O–H groups in total. The molecule has 1 unspecified atom stereocenters. The number of hydrogen-bond acceptors (Lipinski definition) is 2. The summed E-state index contributed by atoms with van der Waals surface area (Å²) in [5.41, 5.74) is 1.91. The van der Waals surface area contributed by atoms with Crippen molar-refractivity contribution in [3.8, 4) is 0 Å². The van der Waals surface area contributed by atoms with Gasteiger partial charge >= 0.3 is 0 Å². The summed E-state index contributed by atoms with van der Waals surface area (Å²) < 4.78 is 13.7. The van der Waals surface area contributed by atoms with Crippen LogP contribution in [0, 0.1) is 5.82 Å². The van der Waals surface area contributed by atoms with Crippen molar-refractivity contribution in [1.82, 2.24) is 10.2 Å². The van der Waals surface area contributed by atoms with E-state index in [9.17, 15) is 4.39 Å². The second-order valence-electron chi connectivity index (χ2n) is 3.52. The number of halogens is 2. The number of nitrogens with zero attached hydrogens (tertiary/aromatic N) is 1. The van der Waals surface area contributed by atoms with Crippen LogP contribution in [0.1, 0.15) is 18.5 Å². The molecule has 84 valence electrons. The van der Waals surface area contributed by atoms with Gasteiger partial charge in [-0.3, -0.25) is 5.10 Å². The number of H-pyrrole nitrogens is 1. The molecule has 0 amide bonds. The third kappa shape index (κ3) is 2.41. The number of hydrogen-bond donors (Lipinski definition) is 2. The van der Waals surface area contributed by atoms with Gasteiger partial charge in [0.25, 0.3) is 0 Å². The van der Waals surface area contributed by atoms with Gasteiger partial charge in [0, 0.05) is 16.7 Å². The maximum atomic E-state index is 12.9. The van der Waals surface area contributed by atoms with Gasteiger partial charge in [0.2, 0.25) is 0 Å². The van der Waals surface area contributed by atoms with Crippen LogP contribution in [0.2, 0.25) is 0 Å². The zero-order chi connectivity index (χ0) is 11.5. The summed E-state index contributed by atoms with van der Waals surface area (Å²) in [6.45, 7) is 2.00. The van der Waals surface area contributed by atoms with Gasteiger partial charge in [-0.1, -0.05) is 22.0 Å². The Hall–Kier alpha value is -1.36. The summed E-state index contributed by atoms with van der Waals surface area (Å²) in [7, 11) is 0. The van der Waals surface area contributed by atoms with Crippen molar-refractivity contribution in [3.05, 3.63) is 46.4 Å². The van der Waals surface area contributed by atoms with Crippen LogP contribution in [0.4, 0.5) is 10.1 Å². The van der Waals surface area contributed by atoms with Crippen LogP contribution in [0.15, 0.2) is 35.1 Å². The number of aromatic amines is 1. The normalized spacial score (nSPS) is 12.4. The van der Waals surface area contributed by atoms with Gasteiger partial charge in [-0.2, -0.15) is 5.10 Å². The van der Waals surface area contributed by atoms with Crippen LogP contribution in [0.5, 0.6) is 0 Å². The molecule has 0 aliphatic rings. The quantitative estimate of drug-likeness (QED) is 0.905. The van der Waals surface area contributed by atoms with E-state index < -0.39 is 0 Å². The zero-order valence-corrected chi connectivity index (χ0v) is 10.3. The van der Waals surface area contributed by atoms with E-state index in [-0.39, 0.29) is 11.9 Å². The fourth-order valence-electron chi connectivity index (χ4n) is 1.51. The summed E-state index contributed by atoms with van der Waals surface area (Å²) in [4.78, 5) is 0. The lowest BCUT2D eigenvalue weighted by atomic mass is 10.1. The minimum atomic E-state index is -0.244. The van der Waals surface area contributed by atoms with Crippen molar-refractivity contribution in [2.45, 2.75) is 13.0 Å². The van der Waals surface area contributed by atoms with Crippen LogP contribution >= 0.6 is 15.9 Å². The molecule has 1 aromatic heterocycles. The maximum Gasteiger partial charge on any atom is 0.124 e. The molecule has 1 aromatic carbocycles. The lowest BCUT2D eigenvalue weighted by Gasteiger charge is -2.15. The molecule has 2 rings (SSSR count). The largest absolute Gasteiger partial charge is 0.376 e. The molecule has 0 bridgehead atoms. The fourth-order valence-corrected chi connectivity index (χ4v) is 2.20. The predicted molar refractivity (Wildman–Crippen MR) is 64.7 cm³/mol. The lowest BCUT2D eigenvalue weighted by molar-refractivity contribution is 0.625. The van der Waals surface area contributed by atoms with Gasteiger partial charge in [-0.25, -0.2) is 4.39 Å². The Kier molecular flexibility index (Phi) is 3.24. The van der Waals surface area contributed by atoms with E-state index in [4.69, 9.17) is 0 Å². The SMILES string of the molecule is CC(Nc1cn[nH]c1)c1ccc(F)cc1Br. The average Bonchev–Trinajstić information content (AvgIpc) is 2.70. The van der Waals surface area contributed by atoms with Gasteiger partial charge in [0.05, 0.1) is 11.9 Å². The molecule has 1 atom stereocenters. The number of rotatable bonds is 3. The number of anilines is 1. The van der Waals surface area contributed by atoms with Crippen molar-refractivity contribution >= 4 is 21.6 Å². The molecule has 0 aliphatic heterocycles. The van der Waals surface area contributed by atoms with Crippen molar-refractivity contribution in [2.75, 3.05) is 5.32 Å². The summed E-state index contributed by atoms with van der Waals surface area (Å²) in [6, 6.07) is 4.75. The molecule has 16 heavy (non-hydrogen) atoms. The second kappa shape index (κ2) is 4.65. The molecule has 2 aromatic rings. The highest BCUT2D eigenvalue weighted by molar-refractivity contribution is 9.10. The van der Waals surface area contributed by atoms with Crippen molar-refractivity contribution < 1.29 is 4.39 Å². The van der Waals surface area contributed by atoms with Crippen LogP contribution in [-0.2, 0) is 0 Å². The number of nitrogens with one attached hydrogen (secondary N) is 2. The summed E-state index contributed by atoms with van der Waals surface area (Å²) in [5, 5.41) is 9.82. The molecule has 0 saturated carbocycles. The van der Waals surface area contributed by atoms with E-state index in [1.54, 1.807) is 18.5 Å². The van der Waals surface area contributed by atoms with E-state index >= 15 is 0 Å². The highest BCUT2D eigenvalue weighted by Gasteiger charge is 2.10. The van der Waals surface area contributed by atoms with Crippen LogP contribution in [-0.4, -0.2) is 10.2 Å². The fraction of sp³-hybridized carbons (Fsp3) is 0.182. The van der Waals surface area contributed by atoms with Crippen LogP contribution in [0.25, 0.3) is 0 Å². The zero-order valence-electron chi connectivity index (χ0n) is 8.67. The lowest BCUT2D eigenvalue weighted by Crippen LogP contribution is -2.06. The molecule has 3 nitrogen and oxygen atoms in total. The molecule has 0 radical (unpaired) electrons. The summed E-state index contributed by atoms with van der Waals surface area (Å²) in [6.07, 6.45) is 3.47. The van der Waals surface area contributed by atoms with Gasteiger partial charge in [0.15, 0.2) is 0 Å². The minimum absolute atomic E-state index is 0.0765. The van der Waals surface area contributed by atoms with E-state index in [1.807, 2.05) is 6.92 Å². The molecule has 1 heterocycles. The first-order chi connectivity index (χ1) is 7.66. The Morgan fingerprint density at radius 1 is 1.50 bits per heavy atom. The topological polar surface area (TPSA) is 40.7 Å². The van der Waals surface area contributed by atoms with E-state index in [0.29, 0.717) is 0 Å². The Morgan fingerprint density at radius 3 is 2.94 bits per heavy atom. The minimum Gasteiger partial charge on any atom is -0.376 e. The standard InChI is InChI=1S/C11H11BrFN3/c1-7(16-9-5-14-15-6-9)10-3-2-8(13)4-11(10)12/h2-7,16H,1H3,(H,14,15). The Bertz CT molecular complexity index is 470. The van der Waals surface area contributed by atoms with Crippen molar-refractivity contribution in [2.24, 2.45) is 0 Å². The number of aromatic nitrogens is 2. The average molecular weight is 284 g/mol. The van der Waals surface area contributed by atoms with Gasteiger partial charge in [0.1, 0.15) is 5.82 Å². The molecule has 0 fully saturated rings. The second-order valence-corrected chi connectivity index (χ2v) is 4.37. The molecule has 0 spiro atoms. The van der Waals surface area contributed by atoms with Gasteiger partial charge in [-0.15, -0.1) is 0 Å². The first kappa shape index (κ1) is 11.1. The highest BCUT2D eigenvalue weighted by atomic mass is 79.9. The molecular formula is C11H11BrFN3. The van der Waals surface area contributed by atoms with E-state index in [2.05, 4.69) is 31.4 Å². The van der Waals surface area contributed by atoms with Crippen molar-refractivity contribution in [3.63, 3.8) is 0 Å². The molecule has 5 heteroatoms. The maximum absolute atomic E-state index is 12.9.